The van der Waals surface area contributed by atoms with Crippen molar-refractivity contribution in [2.75, 3.05) is 12.4 Å². The second-order valence-electron chi connectivity index (χ2n) is 3.75. The second-order valence-corrected chi connectivity index (χ2v) is 4.59. The highest BCUT2D eigenvalue weighted by molar-refractivity contribution is 6.35. The van der Waals surface area contributed by atoms with Gasteiger partial charge in [-0.3, -0.25) is 0 Å². The molecule has 1 atom stereocenters. The fourth-order valence-corrected chi connectivity index (χ4v) is 2.38. The number of nitrogens with one attached hydrogen (secondary N) is 1. The van der Waals surface area contributed by atoms with Gasteiger partial charge in [-0.05, 0) is 24.6 Å². The first-order chi connectivity index (χ1) is 8.13. The first-order valence-corrected chi connectivity index (χ1v) is 6.04. The molecule has 5 heteroatoms. The van der Waals surface area contributed by atoms with E-state index in [0.29, 0.717) is 10.0 Å². The van der Waals surface area contributed by atoms with Crippen molar-refractivity contribution in [3.05, 3.63) is 46.2 Å². The Morgan fingerprint density at radius 3 is 2.76 bits per heavy atom. The van der Waals surface area contributed by atoms with Crippen LogP contribution in [0.3, 0.4) is 0 Å². The zero-order chi connectivity index (χ0) is 12.4. The predicted molar refractivity (Wildman–Crippen MR) is 72.0 cm³/mol. The molecule has 0 aliphatic rings. The van der Waals surface area contributed by atoms with Crippen LogP contribution in [0.25, 0.3) is 0 Å². The summed E-state index contributed by atoms with van der Waals surface area (Å²) < 4.78 is 2.02. The molecule has 0 saturated heterocycles. The highest BCUT2D eigenvalue weighted by Crippen LogP contribution is 2.29. The Kier molecular flexibility index (Phi) is 3.60. The SMILES string of the molecule is CNc1nccn1C(C)c1ccc(Cl)cc1Cl. The maximum Gasteiger partial charge on any atom is 0.203 e. The number of halogens is 2. The van der Waals surface area contributed by atoms with E-state index in [4.69, 9.17) is 23.2 Å². The molecule has 1 heterocycles. The molecule has 0 radical (unpaired) electrons. The maximum atomic E-state index is 6.20. The minimum atomic E-state index is 0.102. The molecule has 0 spiro atoms. The van der Waals surface area contributed by atoms with Gasteiger partial charge < -0.3 is 9.88 Å². The Balaban J connectivity index is 2.40. The van der Waals surface area contributed by atoms with Crippen LogP contribution in [0.2, 0.25) is 10.0 Å². The Hall–Kier alpha value is -1.19. The minimum absolute atomic E-state index is 0.102. The topological polar surface area (TPSA) is 29.9 Å². The van der Waals surface area contributed by atoms with Gasteiger partial charge in [-0.15, -0.1) is 0 Å². The van der Waals surface area contributed by atoms with Crippen molar-refractivity contribution < 1.29 is 0 Å². The van der Waals surface area contributed by atoms with Crippen molar-refractivity contribution >= 4 is 29.2 Å². The van der Waals surface area contributed by atoms with E-state index in [0.717, 1.165) is 11.5 Å². The number of imidazole rings is 1. The average molecular weight is 270 g/mol. The summed E-state index contributed by atoms with van der Waals surface area (Å²) in [4.78, 5) is 4.21. The van der Waals surface area contributed by atoms with Gasteiger partial charge in [0.25, 0.3) is 0 Å². The standard InChI is InChI=1S/C12H13Cl2N3/c1-8(17-6-5-16-12(17)15-2)10-4-3-9(13)7-11(10)14/h3-8H,1-2H3,(H,15,16). The highest BCUT2D eigenvalue weighted by Gasteiger charge is 2.14. The van der Waals surface area contributed by atoms with Crippen LogP contribution in [0.1, 0.15) is 18.5 Å². The minimum Gasteiger partial charge on any atom is -0.359 e. The lowest BCUT2D eigenvalue weighted by Crippen LogP contribution is -2.09. The van der Waals surface area contributed by atoms with Gasteiger partial charge in [0.15, 0.2) is 0 Å². The summed E-state index contributed by atoms with van der Waals surface area (Å²) >= 11 is 12.1. The maximum absolute atomic E-state index is 6.20. The molecule has 0 amide bonds. The van der Waals surface area contributed by atoms with E-state index in [-0.39, 0.29) is 6.04 Å². The summed E-state index contributed by atoms with van der Waals surface area (Å²) in [5.41, 5.74) is 1.02. The zero-order valence-electron chi connectivity index (χ0n) is 9.61. The molecule has 3 nitrogen and oxygen atoms in total. The monoisotopic (exact) mass is 269 g/mol. The molecule has 0 bridgehead atoms. The van der Waals surface area contributed by atoms with Crippen molar-refractivity contribution in [2.45, 2.75) is 13.0 Å². The van der Waals surface area contributed by atoms with Crippen molar-refractivity contribution in [3.63, 3.8) is 0 Å². The number of rotatable bonds is 3. The van der Waals surface area contributed by atoms with E-state index in [1.165, 1.54) is 0 Å². The average Bonchev–Trinajstić information content (AvgIpc) is 2.76. The molecule has 1 aromatic carbocycles. The number of nitrogens with zero attached hydrogens (tertiary/aromatic N) is 2. The van der Waals surface area contributed by atoms with Gasteiger partial charge in [-0.25, -0.2) is 4.98 Å². The smallest absolute Gasteiger partial charge is 0.203 e. The van der Waals surface area contributed by atoms with Crippen molar-refractivity contribution in [1.82, 2.24) is 9.55 Å². The van der Waals surface area contributed by atoms with E-state index >= 15 is 0 Å². The summed E-state index contributed by atoms with van der Waals surface area (Å²) in [7, 11) is 1.84. The van der Waals surface area contributed by atoms with E-state index in [2.05, 4.69) is 17.2 Å². The van der Waals surface area contributed by atoms with Crippen molar-refractivity contribution in [1.29, 1.82) is 0 Å². The van der Waals surface area contributed by atoms with Gasteiger partial charge in [-0.1, -0.05) is 29.3 Å². The van der Waals surface area contributed by atoms with Gasteiger partial charge in [-0.2, -0.15) is 0 Å². The quantitative estimate of drug-likeness (QED) is 0.918. The van der Waals surface area contributed by atoms with Crippen LogP contribution in [-0.4, -0.2) is 16.6 Å². The third kappa shape index (κ3) is 2.40. The highest BCUT2D eigenvalue weighted by atomic mass is 35.5. The summed E-state index contributed by atoms with van der Waals surface area (Å²) in [5, 5.41) is 4.35. The molecule has 0 fully saturated rings. The van der Waals surface area contributed by atoms with Crippen LogP contribution in [0.5, 0.6) is 0 Å². The second kappa shape index (κ2) is 4.98. The van der Waals surface area contributed by atoms with E-state index in [9.17, 15) is 0 Å². The third-order valence-corrected chi connectivity index (χ3v) is 3.28. The normalized spacial score (nSPS) is 12.5. The fraction of sp³-hybridized carbons (Fsp3) is 0.250. The van der Waals surface area contributed by atoms with E-state index in [1.54, 1.807) is 12.3 Å². The summed E-state index contributed by atoms with van der Waals surface area (Å²) in [5.74, 6) is 0.809. The summed E-state index contributed by atoms with van der Waals surface area (Å²) in [6.07, 6.45) is 3.67. The van der Waals surface area contributed by atoms with E-state index in [1.807, 2.05) is 29.9 Å². The molecule has 0 aliphatic heterocycles. The lowest BCUT2D eigenvalue weighted by Gasteiger charge is -2.17. The van der Waals surface area contributed by atoms with Gasteiger partial charge >= 0.3 is 0 Å². The van der Waals surface area contributed by atoms with Gasteiger partial charge in [0, 0.05) is 29.5 Å². The molecular formula is C12H13Cl2N3. The molecule has 1 aromatic heterocycles. The van der Waals surface area contributed by atoms with E-state index < -0.39 is 0 Å². The molecule has 17 heavy (non-hydrogen) atoms. The first kappa shape index (κ1) is 12.3. The molecule has 2 aromatic rings. The molecule has 2 rings (SSSR count). The predicted octanol–water partition coefficient (Wildman–Crippen LogP) is 3.84. The van der Waals surface area contributed by atoms with Crippen LogP contribution in [0.15, 0.2) is 30.6 Å². The molecule has 1 N–H and O–H groups in total. The van der Waals surface area contributed by atoms with Crippen LogP contribution in [0.4, 0.5) is 5.95 Å². The molecular weight excluding hydrogens is 257 g/mol. The molecule has 1 unspecified atom stereocenters. The number of hydrogen-bond donors (Lipinski definition) is 1. The van der Waals surface area contributed by atoms with Crippen LogP contribution < -0.4 is 5.32 Å². The Morgan fingerprint density at radius 1 is 1.35 bits per heavy atom. The van der Waals surface area contributed by atoms with Crippen LogP contribution in [0, 0.1) is 0 Å². The lowest BCUT2D eigenvalue weighted by molar-refractivity contribution is 0.646. The van der Waals surface area contributed by atoms with Gasteiger partial charge in [0.2, 0.25) is 5.95 Å². The lowest BCUT2D eigenvalue weighted by atomic mass is 10.1. The number of hydrogen-bond acceptors (Lipinski definition) is 2. The number of benzene rings is 1. The molecule has 0 saturated carbocycles. The van der Waals surface area contributed by atoms with Gasteiger partial charge in [0.1, 0.15) is 0 Å². The Bertz CT molecular complexity index is 522. The molecule has 90 valence electrons. The Morgan fingerprint density at radius 2 is 2.12 bits per heavy atom. The largest absolute Gasteiger partial charge is 0.359 e. The van der Waals surface area contributed by atoms with Crippen molar-refractivity contribution in [2.24, 2.45) is 0 Å². The van der Waals surface area contributed by atoms with Crippen LogP contribution in [-0.2, 0) is 0 Å². The zero-order valence-corrected chi connectivity index (χ0v) is 11.1. The van der Waals surface area contributed by atoms with Crippen LogP contribution >= 0.6 is 23.2 Å². The van der Waals surface area contributed by atoms with Crippen molar-refractivity contribution in [3.8, 4) is 0 Å². The number of anilines is 1. The summed E-state index contributed by atoms with van der Waals surface area (Å²) in [6.45, 7) is 2.07. The number of aromatic nitrogens is 2. The first-order valence-electron chi connectivity index (χ1n) is 5.29. The van der Waals surface area contributed by atoms with Gasteiger partial charge in [0.05, 0.1) is 6.04 Å². The molecule has 0 aliphatic carbocycles. The Labute approximate surface area is 110 Å². The summed E-state index contributed by atoms with van der Waals surface area (Å²) in [6, 6.07) is 5.64. The third-order valence-electron chi connectivity index (χ3n) is 2.72. The fourth-order valence-electron chi connectivity index (χ4n) is 1.81.